The van der Waals surface area contributed by atoms with Gasteiger partial charge < -0.3 is 19.2 Å². The molecule has 182 valence electrons. The third-order valence-corrected chi connectivity index (χ3v) is 10.6. The van der Waals surface area contributed by atoms with Gasteiger partial charge in [-0.05, 0) is 50.2 Å². The van der Waals surface area contributed by atoms with Crippen LogP contribution in [0, 0.1) is 0 Å². The maximum absolute atomic E-state index is 13.5. The quantitative estimate of drug-likeness (QED) is 0.551. The van der Waals surface area contributed by atoms with Crippen molar-refractivity contribution in [1.29, 1.82) is 0 Å². The number of rotatable bonds is 9. The summed E-state index contributed by atoms with van der Waals surface area (Å²) < 4.78 is 68.1. The van der Waals surface area contributed by atoms with Crippen molar-refractivity contribution in [2.24, 2.45) is 0 Å². The van der Waals surface area contributed by atoms with Crippen LogP contribution >= 0.6 is 0 Å². The van der Waals surface area contributed by atoms with E-state index in [0.29, 0.717) is 12.3 Å². The number of furan rings is 1. The summed E-state index contributed by atoms with van der Waals surface area (Å²) in [5.41, 5.74) is 0. The lowest BCUT2D eigenvalue weighted by molar-refractivity contribution is 0.206. The maximum atomic E-state index is 13.5. The summed E-state index contributed by atoms with van der Waals surface area (Å²) in [6.07, 6.45) is 3.79. The Balaban J connectivity index is 1.58. The van der Waals surface area contributed by atoms with Gasteiger partial charge in [0.05, 0.1) is 48.2 Å². The van der Waals surface area contributed by atoms with Gasteiger partial charge in [-0.1, -0.05) is 0 Å². The fourth-order valence-corrected chi connectivity index (χ4v) is 9.42. The summed E-state index contributed by atoms with van der Waals surface area (Å²) in [7, 11) is -4.59. The molecule has 3 atom stereocenters. The largest absolute Gasteiger partial charge is 0.493 e. The Kier molecular flexibility index (Phi) is 7.04. The number of sulfone groups is 2. The third kappa shape index (κ3) is 5.06. The Morgan fingerprint density at radius 3 is 2.48 bits per heavy atom. The molecule has 1 unspecified atom stereocenters. The second-order valence-corrected chi connectivity index (χ2v) is 12.8. The Hall–Kier alpha value is -2.08. The monoisotopic (exact) mass is 498 g/mol. The highest BCUT2D eigenvalue weighted by Crippen LogP contribution is 2.33. The SMILES string of the molecule is COc1ccc(S(=O)(=O)[C@H]2CS(=O)(=O)C[C@@H]2NCC(c2ccco2)N2CCCC2)cc1OC. The van der Waals surface area contributed by atoms with Gasteiger partial charge in [-0.3, -0.25) is 4.90 Å². The molecule has 1 aromatic carbocycles. The summed E-state index contributed by atoms with van der Waals surface area (Å²) in [6.45, 7) is 2.23. The molecule has 0 saturated carbocycles. The van der Waals surface area contributed by atoms with E-state index >= 15 is 0 Å². The molecule has 2 saturated heterocycles. The van der Waals surface area contributed by atoms with Gasteiger partial charge in [0.15, 0.2) is 31.2 Å². The minimum atomic E-state index is -3.95. The Morgan fingerprint density at radius 1 is 1.12 bits per heavy atom. The number of benzene rings is 1. The highest BCUT2D eigenvalue weighted by atomic mass is 32.2. The zero-order valence-electron chi connectivity index (χ0n) is 18.8. The van der Waals surface area contributed by atoms with Crippen LogP contribution in [-0.2, 0) is 19.7 Å². The van der Waals surface area contributed by atoms with E-state index in [1.54, 1.807) is 6.26 Å². The van der Waals surface area contributed by atoms with E-state index in [1.165, 1.54) is 32.4 Å². The van der Waals surface area contributed by atoms with E-state index in [0.717, 1.165) is 31.7 Å². The Morgan fingerprint density at radius 2 is 1.85 bits per heavy atom. The second kappa shape index (κ2) is 9.65. The number of hydrogen-bond donors (Lipinski definition) is 1. The molecule has 9 nitrogen and oxygen atoms in total. The van der Waals surface area contributed by atoms with E-state index in [4.69, 9.17) is 13.9 Å². The van der Waals surface area contributed by atoms with Crippen molar-refractivity contribution in [3.63, 3.8) is 0 Å². The predicted octanol–water partition coefficient (Wildman–Crippen LogP) is 1.66. The molecule has 0 amide bonds. The van der Waals surface area contributed by atoms with E-state index < -0.39 is 36.7 Å². The lowest BCUT2D eigenvalue weighted by Crippen LogP contribution is -2.46. The topological polar surface area (TPSA) is 115 Å². The normalized spacial score (nSPS) is 24.1. The standard InChI is InChI=1S/C22H30N2O7S2/c1-29-20-8-7-16(12-21(20)30-2)33(27,28)22-15-32(25,26)14-17(22)23-13-18(19-6-5-11-31-19)24-9-3-4-10-24/h5-8,11-12,17-18,22-23H,3-4,9-10,13-15H2,1-2H3/t17-,18?,22-/m0/s1. The molecule has 0 spiro atoms. The van der Waals surface area contributed by atoms with Crippen molar-refractivity contribution < 1.29 is 30.7 Å². The highest BCUT2D eigenvalue weighted by molar-refractivity contribution is 7.96. The first-order chi connectivity index (χ1) is 15.7. The van der Waals surface area contributed by atoms with Gasteiger partial charge in [0, 0.05) is 18.7 Å². The summed E-state index contributed by atoms with van der Waals surface area (Å²) in [6, 6.07) is 7.22. The third-order valence-electron chi connectivity index (χ3n) is 6.41. The molecule has 2 aliphatic heterocycles. The first kappa shape index (κ1) is 24.1. The number of hydrogen-bond acceptors (Lipinski definition) is 9. The van der Waals surface area contributed by atoms with Gasteiger partial charge in [-0.2, -0.15) is 0 Å². The van der Waals surface area contributed by atoms with Gasteiger partial charge in [0.1, 0.15) is 5.76 Å². The van der Waals surface area contributed by atoms with Gasteiger partial charge in [0.25, 0.3) is 0 Å². The molecule has 0 bridgehead atoms. The zero-order chi connectivity index (χ0) is 23.6. The van der Waals surface area contributed by atoms with Gasteiger partial charge in [-0.15, -0.1) is 0 Å². The molecule has 2 aliphatic rings. The molecule has 2 fully saturated rings. The molecule has 2 aromatic rings. The first-order valence-corrected chi connectivity index (χ1v) is 14.3. The minimum Gasteiger partial charge on any atom is -0.493 e. The highest BCUT2D eigenvalue weighted by Gasteiger charge is 2.46. The summed E-state index contributed by atoms with van der Waals surface area (Å²) in [4.78, 5) is 2.30. The molecule has 0 radical (unpaired) electrons. The van der Waals surface area contributed by atoms with Crippen molar-refractivity contribution in [2.45, 2.75) is 35.1 Å². The van der Waals surface area contributed by atoms with Crippen molar-refractivity contribution in [2.75, 3.05) is 45.4 Å². The van der Waals surface area contributed by atoms with Crippen molar-refractivity contribution in [3.05, 3.63) is 42.4 Å². The number of likely N-dealkylation sites (tertiary alicyclic amines) is 1. The molecule has 33 heavy (non-hydrogen) atoms. The van der Waals surface area contributed by atoms with Gasteiger partial charge in [-0.25, -0.2) is 16.8 Å². The summed E-state index contributed by atoms with van der Waals surface area (Å²) in [5, 5.41) is 2.16. The average molecular weight is 499 g/mol. The van der Waals surface area contributed by atoms with E-state index in [-0.39, 0.29) is 22.4 Å². The van der Waals surface area contributed by atoms with Gasteiger partial charge in [0.2, 0.25) is 0 Å². The lowest BCUT2D eigenvalue weighted by atomic mass is 10.1. The van der Waals surface area contributed by atoms with Crippen molar-refractivity contribution >= 4 is 19.7 Å². The zero-order valence-corrected chi connectivity index (χ0v) is 20.4. The van der Waals surface area contributed by atoms with Crippen LogP contribution in [0.2, 0.25) is 0 Å². The molecule has 3 heterocycles. The predicted molar refractivity (Wildman–Crippen MR) is 123 cm³/mol. The Labute approximate surface area is 194 Å². The van der Waals surface area contributed by atoms with Gasteiger partial charge >= 0.3 is 0 Å². The minimum absolute atomic E-state index is 0.0103. The number of nitrogens with one attached hydrogen (secondary N) is 1. The fourth-order valence-electron chi connectivity index (χ4n) is 4.69. The second-order valence-electron chi connectivity index (χ2n) is 8.47. The fraction of sp³-hybridized carbons (Fsp3) is 0.545. The van der Waals surface area contributed by atoms with Crippen LogP contribution in [0.3, 0.4) is 0 Å². The smallest absolute Gasteiger partial charge is 0.183 e. The van der Waals surface area contributed by atoms with Crippen molar-refractivity contribution in [3.8, 4) is 11.5 Å². The van der Waals surface area contributed by atoms with Crippen LogP contribution in [0.25, 0.3) is 0 Å². The Bertz CT molecular complexity index is 1160. The maximum Gasteiger partial charge on any atom is 0.183 e. The summed E-state index contributed by atoms with van der Waals surface area (Å²) in [5.74, 6) is 0.809. The lowest BCUT2D eigenvalue weighted by Gasteiger charge is -2.28. The van der Waals surface area contributed by atoms with Crippen molar-refractivity contribution in [1.82, 2.24) is 10.2 Å². The van der Waals surface area contributed by atoms with Crippen LogP contribution in [-0.4, -0.2) is 78.4 Å². The number of ether oxygens (including phenoxy) is 2. The average Bonchev–Trinajstić information content (AvgIpc) is 3.55. The van der Waals surface area contributed by atoms with Crippen LogP contribution in [0.15, 0.2) is 45.9 Å². The van der Waals surface area contributed by atoms with Crippen LogP contribution < -0.4 is 14.8 Å². The summed E-state index contributed by atoms with van der Waals surface area (Å²) >= 11 is 0. The molecule has 4 rings (SSSR count). The number of nitrogens with zero attached hydrogens (tertiary/aromatic N) is 1. The molecule has 0 aliphatic carbocycles. The van der Waals surface area contributed by atoms with E-state index in [1.807, 2.05) is 12.1 Å². The first-order valence-electron chi connectivity index (χ1n) is 10.9. The van der Waals surface area contributed by atoms with Crippen LogP contribution in [0.1, 0.15) is 24.6 Å². The van der Waals surface area contributed by atoms with E-state index in [9.17, 15) is 16.8 Å². The van der Waals surface area contributed by atoms with Crippen LogP contribution in [0.4, 0.5) is 0 Å². The van der Waals surface area contributed by atoms with Crippen LogP contribution in [0.5, 0.6) is 11.5 Å². The molecule has 11 heteroatoms. The number of methoxy groups -OCH3 is 2. The molecular weight excluding hydrogens is 468 g/mol. The van der Waals surface area contributed by atoms with E-state index in [2.05, 4.69) is 10.2 Å². The molecular formula is C22H30N2O7S2. The molecule has 1 N–H and O–H groups in total. The molecule has 1 aromatic heterocycles.